The zero-order chi connectivity index (χ0) is 27.2. The van der Waals surface area contributed by atoms with E-state index in [1.54, 1.807) is 12.3 Å². The number of hydrogen-bond acceptors (Lipinski definition) is 4. The Morgan fingerprint density at radius 1 is 0.947 bits per heavy atom. The number of rotatable bonds is 6. The maximum absolute atomic E-state index is 11.8. The highest BCUT2D eigenvalue weighted by molar-refractivity contribution is 7.92. The van der Waals surface area contributed by atoms with Crippen LogP contribution in [-0.4, -0.2) is 29.3 Å². The Labute approximate surface area is 229 Å². The maximum atomic E-state index is 11.8. The summed E-state index contributed by atoms with van der Waals surface area (Å²) in [5.74, 6) is 0. The summed E-state index contributed by atoms with van der Waals surface area (Å²) < 4.78 is 28.5. The van der Waals surface area contributed by atoms with E-state index in [0.717, 1.165) is 45.8 Å². The average molecular weight is 546 g/mol. The van der Waals surface area contributed by atoms with Crippen LogP contribution in [0, 0.1) is 27.7 Å². The van der Waals surface area contributed by atoms with Gasteiger partial charge in [-0.1, -0.05) is 18.2 Å². The first kappa shape index (κ1) is 25.9. The second kappa shape index (κ2) is 9.89. The van der Waals surface area contributed by atoms with Gasteiger partial charge >= 0.3 is 0 Å². The maximum Gasteiger partial charge on any atom is 0.229 e. The van der Waals surface area contributed by atoms with Gasteiger partial charge in [0.2, 0.25) is 10.0 Å². The smallest absolute Gasteiger partial charge is 0.229 e. The summed E-state index contributed by atoms with van der Waals surface area (Å²) in [6.07, 6.45) is 2.95. The first-order valence-corrected chi connectivity index (χ1v) is 14.7. The number of aryl methyl sites for hydroxylation is 3. The summed E-state index contributed by atoms with van der Waals surface area (Å²) in [7, 11) is -3.39. The average Bonchev–Trinajstić information content (AvgIpc) is 3.35. The molecular formula is C29H31N5O2S2. The van der Waals surface area contributed by atoms with Crippen molar-refractivity contribution >= 4 is 38.7 Å². The van der Waals surface area contributed by atoms with Crippen LogP contribution >= 0.6 is 12.2 Å². The van der Waals surface area contributed by atoms with Crippen LogP contribution in [0.2, 0.25) is 0 Å². The molecule has 4 aromatic rings. The Hall–Kier alpha value is -3.69. The van der Waals surface area contributed by atoms with E-state index in [2.05, 4.69) is 75.6 Å². The Balaban J connectivity index is 1.65. The topological polar surface area (TPSA) is 79.3 Å². The standard InChI is InChI=1S/C29H31N5O2S2/c1-18-9-8-10-22(15-18)33-20(3)17-24(21(33)4)28-27(26-11-6-7-14-30-26)31-29(37)34(28)23-12-13-25(19(2)16-23)32-38(5,35)36/h6-17,27-28,32H,1-5H3,(H,31,37)/t27-,28-/m0/s1. The number of hydrogen-bond donors (Lipinski definition) is 2. The second-order valence-corrected chi connectivity index (χ2v) is 12.0. The lowest BCUT2D eigenvalue weighted by molar-refractivity contribution is 0.565. The molecule has 5 rings (SSSR count). The lowest BCUT2D eigenvalue weighted by atomic mass is 9.96. The molecule has 0 amide bonds. The molecule has 0 radical (unpaired) electrons. The number of nitrogens with zero attached hydrogens (tertiary/aromatic N) is 3. The third kappa shape index (κ3) is 4.91. The van der Waals surface area contributed by atoms with Crippen molar-refractivity contribution in [1.29, 1.82) is 0 Å². The SMILES string of the molecule is Cc1cccc(-n2c(C)cc([C@H]3[C@H](c4ccccn4)NC(=S)N3c3ccc(NS(C)(=O)=O)c(C)c3)c2C)c1. The highest BCUT2D eigenvalue weighted by Crippen LogP contribution is 2.44. The Bertz CT molecular complexity index is 1630. The van der Waals surface area contributed by atoms with Crippen LogP contribution in [0.5, 0.6) is 0 Å². The molecule has 0 aliphatic carbocycles. The molecule has 7 nitrogen and oxygen atoms in total. The van der Waals surface area contributed by atoms with Crippen LogP contribution in [0.1, 0.15) is 45.9 Å². The number of benzene rings is 2. The number of thiocarbonyl (C=S) groups is 1. The summed E-state index contributed by atoms with van der Waals surface area (Å²) in [4.78, 5) is 6.79. The number of pyridine rings is 1. The largest absolute Gasteiger partial charge is 0.351 e. The van der Waals surface area contributed by atoms with Crippen LogP contribution in [0.25, 0.3) is 5.69 Å². The summed E-state index contributed by atoms with van der Waals surface area (Å²) in [5, 5.41) is 4.11. The third-order valence-electron chi connectivity index (χ3n) is 6.93. The summed E-state index contributed by atoms with van der Waals surface area (Å²) in [6.45, 7) is 8.25. The van der Waals surface area contributed by atoms with E-state index in [1.165, 1.54) is 5.56 Å². The van der Waals surface area contributed by atoms with Crippen molar-refractivity contribution in [3.8, 4) is 5.69 Å². The minimum atomic E-state index is -3.39. The fourth-order valence-corrected chi connectivity index (χ4v) is 6.29. The van der Waals surface area contributed by atoms with Crippen molar-refractivity contribution in [3.63, 3.8) is 0 Å². The van der Waals surface area contributed by atoms with Crippen LogP contribution < -0.4 is 14.9 Å². The van der Waals surface area contributed by atoms with Gasteiger partial charge in [-0.2, -0.15) is 0 Å². The number of sulfonamides is 1. The minimum absolute atomic E-state index is 0.171. The zero-order valence-corrected chi connectivity index (χ0v) is 23.7. The number of anilines is 2. The Morgan fingerprint density at radius 2 is 1.74 bits per heavy atom. The van der Waals surface area contributed by atoms with Gasteiger partial charge in [-0.3, -0.25) is 9.71 Å². The highest BCUT2D eigenvalue weighted by Gasteiger charge is 2.42. The van der Waals surface area contributed by atoms with E-state index < -0.39 is 10.0 Å². The Morgan fingerprint density at radius 3 is 2.39 bits per heavy atom. The molecule has 1 fully saturated rings. The van der Waals surface area contributed by atoms with Gasteiger partial charge in [0.25, 0.3) is 0 Å². The number of nitrogens with one attached hydrogen (secondary N) is 2. The van der Waals surface area contributed by atoms with Gasteiger partial charge in [-0.05, 0) is 105 Å². The molecule has 0 bridgehead atoms. The first-order chi connectivity index (χ1) is 18.0. The molecular weight excluding hydrogens is 514 g/mol. The monoisotopic (exact) mass is 545 g/mol. The second-order valence-electron chi connectivity index (χ2n) is 9.87. The van der Waals surface area contributed by atoms with Crippen LogP contribution in [0.3, 0.4) is 0 Å². The van der Waals surface area contributed by atoms with Gasteiger partial charge in [0, 0.05) is 29.0 Å². The molecule has 196 valence electrons. The van der Waals surface area contributed by atoms with E-state index in [-0.39, 0.29) is 12.1 Å². The molecule has 2 aromatic heterocycles. The molecule has 9 heteroatoms. The summed E-state index contributed by atoms with van der Waals surface area (Å²) in [6, 6.07) is 21.9. The molecule has 2 atom stereocenters. The molecule has 1 aliphatic heterocycles. The van der Waals surface area contributed by atoms with Crippen molar-refractivity contribution in [1.82, 2.24) is 14.9 Å². The molecule has 38 heavy (non-hydrogen) atoms. The van der Waals surface area contributed by atoms with Crippen molar-refractivity contribution in [2.24, 2.45) is 0 Å². The van der Waals surface area contributed by atoms with Gasteiger partial charge in [-0.15, -0.1) is 0 Å². The lowest BCUT2D eigenvalue weighted by Gasteiger charge is -2.29. The van der Waals surface area contributed by atoms with Gasteiger partial charge in [-0.25, -0.2) is 8.42 Å². The van der Waals surface area contributed by atoms with E-state index in [1.807, 2.05) is 37.3 Å². The van der Waals surface area contributed by atoms with Gasteiger partial charge in [0.15, 0.2) is 5.11 Å². The van der Waals surface area contributed by atoms with Crippen LogP contribution in [-0.2, 0) is 10.0 Å². The van der Waals surface area contributed by atoms with Crippen molar-refractivity contribution < 1.29 is 8.42 Å². The fourth-order valence-electron chi connectivity index (χ4n) is 5.31. The normalized spacial score (nSPS) is 17.5. The predicted molar refractivity (Wildman–Crippen MR) is 158 cm³/mol. The molecule has 2 aromatic carbocycles. The van der Waals surface area contributed by atoms with Crippen LogP contribution in [0.4, 0.5) is 11.4 Å². The lowest BCUT2D eigenvalue weighted by Crippen LogP contribution is -2.29. The molecule has 2 N–H and O–H groups in total. The summed E-state index contributed by atoms with van der Waals surface area (Å²) >= 11 is 5.90. The molecule has 1 saturated heterocycles. The predicted octanol–water partition coefficient (Wildman–Crippen LogP) is 5.65. The first-order valence-electron chi connectivity index (χ1n) is 12.4. The van der Waals surface area contributed by atoms with Gasteiger partial charge in [0.05, 0.1) is 29.7 Å². The van der Waals surface area contributed by atoms with E-state index >= 15 is 0 Å². The summed E-state index contributed by atoms with van der Waals surface area (Å²) in [5.41, 5.74) is 8.85. The third-order valence-corrected chi connectivity index (χ3v) is 7.84. The van der Waals surface area contributed by atoms with E-state index in [9.17, 15) is 8.42 Å². The molecule has 3 heterocycles. The highest BCUT2D eigenvalue weighted by atomic mass is 32.2. The number of aromatic nitrogens is 2. The van der Waals surface area contributed by atoms with Crippen molar-refractivity contribution in [3.05, 3.63) is 107 Å². The quantitative estimate of drug-likeness (QED) is 0.305. The van der Waals surface area contributed by atoms with Gasteiger partial charge in [0.1, 0.15) is 0 Å². The van der Waals surface area contributed by atoms with E-state index in [4.69, 9.17) is 12.2 Å². The zero-order valence-electron chi connectivity index (χ0n) is 22.1. The molecule has 0 saturated carbocycles. The molecule has 0 unspecified atom stereocenters. The van der Waals surface area contributed by atoms with Crippen molar-refractivity contribution in [2.75, 3.05) is 15.9 Å². The Kier molecular flexibility index (Phi) is 6.75. The van der Waals surface area contributed by atoms with Crippen LogP contribution in [0.15, 0.2) is 72.9 Å². The minimum Gasteiger partial charge on any atom is -0.351 e. The molecule has 0 spiro atoms. The molecule has 1 aliphatic rings. The van der Waals surface area contributed by atoms with Crippen molar-refractivity contribution in [2.45, 2.75) is 39.8 Å². The fraction of sp³-hybridized carbons (Fsp3) is 0.241. The van der Waals surface area contributed by atoms with E-state index in [0.29, 0.717) is 10.8 Å². The van der Waals surface area contributed by atoms with Gasteiger partial charge < -0.3 is 14.8 Å².